The smallest absolute Gasteiger partial charge is 0.0949 e. The average Bonchev–Trinajstić information content (AvgIpc) is 2.69. The Labute approximate surface area is 160 Å². The normalized spacial score (nSPS) is 13.7. The molecule has 0 aliphatic carbocycles. The van der Waals surface area contributed by atoms with Crippen LogP contribution < -0.4 is 10.5 Å². The van der Waals surface area contributed by atoms with Gasteiger partial charge in [-0.1, -0.05) is 77.4 Å². The Hall–Kier alpha value is -3.33. The number of hydrogen-bond donors (Lipinski definition) is 1. The number of hydrazone groups is 1. The summed E-state index contributed by atoms with van der Waals surface area (Å²) in [6.07, 6.45) is 2.11. The number of anilines is 1. The van der Waals surface area contributed by atoms with Crippen molar-refractivity contribution in [2.45, 2.75) is 20.8 Å². The van der Waals surface area contributed by atoms with E-state index >= 15 is 0 Å². The van der Waals surface area contributed by atoms with E-state index in [1.54, 1.807) is 0 Å². The Bertz CT molecular complexity index is 995. The molecule has 0 spiro atoms. The van der Waals surface area contributed by atoms with Crippen molar-refractivity contribution in [2.75, 3.05) is 5.12 Å². The van der Waals surface area contributed by atoms with Gasteiger partial charge in [-0.3, -0.25) is 5.43 Å². The summed E-state index contributed by atoms with van der Waals surface area (Å²) in [5, 5.41) is 6.69. The summed E-state index contributed by atoms with van der Waals surface area (Å²) in [4.78, 5) is 0. The molecule has 0 amide bonds. The molecular weight excluding hydrogens is 330 g/mol. The molecule has 0 radical (unpaired) electrons. The van der Waals surface area contributed by atoms with E-state index in [0.29, 0.717) is 0 Å². The van der Waals surface area contributed by atoms with Gasteiger partial charge < -0.3 is 0 Å². The zero-order valence-corrected chi connectivity index (χ0v) is 15.9. The first-order chi connectivity index (χ1) is 13.1. The maximum absolute atomic E-state index is 4.84. The molecule has 0 fully saturated rings. The summed E-state index contributed by atoms with van der Waals surface area (Å²) in [7, 11) is 0. The Morgan fingerprint density at radius 1 is 0.630 bits per heavy atom. The van der Waals surface area contributed by atoms with Crippen LogP contribution in [0.5, 0.6) is 0 Å². The Kier molecular flexibility index (Phi) is 4.51. The number of nitrogens with one attached hydrogen (secondary N) is 1. The lowest BCUT2D eigenvalue weighted by Crippen LogP contribution is -2.36. The number of rotatable bonds is 3. The van der Waals surface area contributed by atoms with Crippen LogP contribution in [-0.4, -0.2) is 5.71 Å². The number of hydrogen-bond acceptors (Lipinski definition) is 3. The highest BCUT2D eigenvalue weighted by Crippen LogP contribution is 2.23. The van der Waals surface area contributed by atoms with Crippen molar-refractivity contribution in [1.82, 2.24) is 5.43 Å². The van der Waals surface area contributed by atoms with Gasteiger partial charge in [0.1, 0.15) is 0 Å². The molecular formula is C24H23N3. The van der Waals surface area contributed by atoms with Crippen molar-refractivity contribution in [3.8, 4) is 0 Å². The van der Waals surface area contributed by atoms with Crippen molar-refractivity contribution in [3.63, 3.8) is 0 Å². The third-order valence-electron chi connectivity index (χ3n) is 4.70. The first-order valence-electron chi connectivity index (χ1n) is 9.16. The Balaban J connectivity index is 1.77. The van der Waals surface area contributed by atoms with E-state index < -0.39 is 0 Å². The highest BCUT2D eigenvalue weighted by Gasteiger charge is 2.17. The molecule has 4 rings (SSSR count). The summed E-state index contributed by atoms with van der Waals surface area (Å²) in [6, 6.07) is 25.4. The lowest BCUT2D eigenvalue weighted by molar-refractivity contribution is 0.787. The van der Waals surface area contributed by atoms with Gasteiger partial charge in [-0.15, -0.1) is 0 Å². The van der Waals surface area contributed by atoms with Crippen LogP contribution in [0.2, 0.25) is 0 Å². The number of nitrogens with zero attached hydrogens (tertiary/aromatic N) is 2. The molecule has 1 heterocycles. The molecule has 134 valence electrons. The molecule has 3 aromatic rings. The van der Waals surface area contributed by atoms with E-state index in [1.165, 1.54) is 16.7 Å². The summed E-state index contributed by atoms with van der Waals surface area (Å²) >= 11 is 0. The summed E-state index contributed by atoms with van der Waals surface area (Å²) in [6.45, 7) is 6.29. The molecule has 0 bridgehead atoms. The molecule has 3 nitrogen and oxygen atoms in total. The minimum atomic E-state index is 0.935. The van der Waals surface area contributed by atoms with E-state index in [1.807, 2.05) is 5.12 Å². The van der Waals surface area contributed by atoms with Crippen LogP contribution in [0, 0.1) is 20.8 Å². The minimum Gasteiger partial charge on any atom is -0.277 e. The second-order valence-electron chi connectivity index (χ2n) is 7.03. The topological polar surface area (TPSA) is 27.6 Å². The van der Waals surface area contributed by atoms with Gasteiger partial charge >= 0.3 is 0 Å². The van der Waals surface area contributed by atoms with E-state index in [4.69, 9.17) is 5.10 Å². The van der Waals surface area contributed by atoms with Crippen molar-refractivity contribution < 1.29 is 0 Å². The van der Waals surface area contributed by atoms with E-state index in [0.717, 1.165) is 28.2 Å². The lowest BCUT2D eigenvalue weighted by atomic mass is 10.0. The lowest BCUT2D eigenvalue weighted by Gasteiger charge is -2.28. The highest BCUT2D eigenvalue weighted by atomic mass is 15.7. The predicted molar refractivity (Wildman–Crippen MR) is 114 cm³/mol. The quantitative estimate of drug-likeness (QED) is 0.684. The summed E-state index contributed by atoms with van der Waals surface area (Å²) in [5.41, 5.74) is 12.4. The fourth-order valence-corrected chi connectivity index (χ4v) is 3.00. The minimum absolute atomic E-state index is 0.935. The highest BCUT2D eigenvalue weighted by molar-refractivity contribution is 6.13. The van der Waals surface area contributed by atoms with E-state index in [-0.39, 0.29) is 0 Å². The fourth-order valence-electron chi connectivity index (χ4n) is 3.00. The number of aryl methyl sites for hydroxylation is 3. The largest absolute Gasteiger partial charge is 0.277 e. The maximum Gasteiger partial charge on any atom is 0.0949 e. The second-order valence-corrected chi connectivity index (χ2v) is 7.03. The van der Waals surface area contributed by atoms with Crippen molar-refractivity contribution >= 4 is 17.1 Å². The molecule has 1 aliphatic heterocycles. The van der Waals surface area contributed by atoms with Crippen LogP contribution in [0.3, 0.4) is 0 Å². The van der Waals surface area contributed by atoms with Gasteiger partial charge in [0.2, 0.25) is 0 Å². The van der Waals surface area contributed by atoms with Crippen LogP contribution in [0.15, 0.2) is 84.0 Å². The Morgan fingerprint density at radius 2 is 1.11 bits per heavy atom. The predicted octanol–water partition coefficient (Wildman–Crippen LogP) is 5.38. The zero-order chi connectivity index (χ0) is 18.8. The fraction of sp³-hybridized carbons (Fsp3) is 0.125. The zero-order valence-electron chi connectivity index (χ0n) is 15.9. The first kappa shape index (κ1) is 17.1. The molecule has 0 aromatic heterocycles. The SMILES string of the molecule is Cc1ccc(C2=CC(c3ccc(C)cc3)=NN(c3ccc(C)cc3)N2)cc1. The van der Waals surface area contributed by atoms with Crippen LogP contribution in [-0.2, 0) is 0 Å². The van der Waals surface area contributed by atoms with Crippen LogP contribution in [0.25, 0.3) is 5.70 Å². The van der Waals surface area contributed by atoms with Gasteiger partial charge in [-0.2, -0.15) is 10.2 Å². The molecule has 0 unspecified atom stereocenters. The molecule has 27 heavy (non-hydrogen) atoms. The standard InChI is InChI=1S/C24H23N3/c1-17-4-10-20(11-5-17)23-16-24(21-12-6-18(2)7-13-21)26-27(25-23)22-14-8-19(3)9-15-22/h4-16,25H,1-3H3. The molecule has 0 saturated heterocycles. The van der Waals surface area contributed by atoms with Gasteiger partial charge in [0, 0.05) is 5.56 Å². The molecule has 1 N–H and O–H groups in total. The molecule has 1 aliphatic rings. The molecule has 3 aromatic carbocycles. The van der Waals surface area contributed by atoms with Gasteiger partial charge in [-0.25, -0.2) is 0 Å². The van der Waals surface area contributed by atoms with Gasteiger partial charge in [-0.05, 0) is 44.5 Å². The average molecular weight is 353 g/mol. The monoisotopic (exact) mass is 353 g/mol. The molecule has 3 heteroatoms. The van der Waals surface area contributed by atoms with Crippen molar-refractivity contribution in [3.05, 3.63) is 107 Å². The van der Waals surface area contributed by atoms with Gasteiger partial charge in [0.15, 0.2) is 0 Å². The summed E-state index contributed by atoms with van der Waals surface area (Å²) < 4.78 is 0. The van der Waals surface area contributed by atoms with Crippen LogP contribution in [0.1, 0.15) is 27.8 Å². The number of benzene rings is 3. The van der Waals surface area contributed by atoms with Crippen molar-refractivity contribution in [1.29, 1.82) is 0 Å². The second kappa shape index (κ2) is 7.12. The first-order valence-corrected chi connectivity index (χ1v) is 9.16. The van der Waals surface area contributed by atoms with E-state index in [2.05, 4.69) is 105 Å². The maximum atomic E-state index is 4.84. The van der Waals surface area contributed by atoms with E-state index in [9.17, 15) is 0 Å². The van der Waals surface area contributed by atoms with Crippen LogP contribution >= 0.6 is 0 Å². The number of hydrazine groups is 1. The van der Waals surface area contributed by atoms with Crippen LogP contribution in [0.4, 0.5) is 5.69 Å². The third kappa shape index (κ3) is 3.77. The molecule has 0 atom stereocenters. The Morgan fingerprint density at radius 3 is 1.67 bits per heavy atom. The number of allylic oxidation sites excluding steroid dienone is 1. The van der Waals surface area contributed by atoms with Gasteiger partial charge in [0.05, 0.1) is 17.1 Å². The third-order valence-corrected chi connectivity index (χ3v) is 4.70. The van der Waals surface area contributed by atoms with Gasteiger partial charge in [0.25, 0.3) is 0 Å². The van der Waals surface area contributed by atoms with Crippen molar-refractivity contribution in [2.24, 2.45) is 5.10 Å². The summed E-state index contributed by atoms with van der Waals surface area (Å²) in [5.74, 6) is 0. The molecule has 0 saturated carbocycles.